The molecule has 0 unspecified atom stereocenters. The number of hydrogen-bond acceptors (Lipinski definition) is 6. The van der Waals surface area contributed by atoms with Crippen LogP contribution in [0.25, 0.3) is 10.4 Å². The van der Waals surface area contributed by atoms with Gasteiger partial charge >= 0.3 is 5.97 Å². The number of amides is 1. The maximum Gasteiger partial charge on any atom is 0.358 e. The maximum atomic E-state index is 13.8. The number of carbonyl (C=O) groups is 2. The first-order chi connectivity index (χ1) is 13.4. The van der Waals surface area contributed by atoms with Crippen molar-refractivity contribution in [1.82, 2.24) is 4.98 Å². The van der Waals surface area contributed by atoms with E-state index in [4.69, 9.17) is 9.47 Å². The Morgan fingerprint density at radius 3 is 2.39 bits per heavy atom. The lowest BCUT2D eigenvalue weighted by molar-refractivity contribution is 0.0595. The van der Waals surface area contributed by atoms with Crippen molar-refractivity contribution in [3.63, 3.8) is 0 Å². The highest BCUT2D eigenvalue weighted by atomic mass is 32.1. The summed E-state index contributed by atoms with van der Waals surface area (Å²) in [6.45, 7) is 0. The largest absolute Gasteiger partial charge is 0.497 e. The molecule has 1 N–H and O–H groups in total. The van der Waals surface area contributed by atoms with Gasteiger partial charge in [-0.3, -0.25) is 10.1 Å². The standard InChI is InChI=1S/C19H14F2N2O4S/c1-26-11-6-3-5-10(9-11)16-15(18(25)27-2)22-19(28-16)23-17(24)14-12(20)7-4-8-13(14)21/h3-9H,1-2H3,(H,22,23,24). The molecule has 0 saturated carbocycles. The summed E-state index contributed by atoms with van der Waals surface area (Å²) in [6.07, 6.45) is 0. The second-order valence-corrected chi connectivity index (χ2v) is 6.47. The average molecular weight is 404 g/mol. The molecule has 1 amide bonds. The van der Waals surface area contributed by atoms with Crippen molar-refractivity contribution in [3.8, 4) is 16.2 Å². The number of benzene rings is 2. The number of carbonyl (C=O) groups excluding carboxylic acids is 2. The highest BCUT2D eigenvalue weighted by Crippen LogP contribution is 2.35. The summed E-state index contributed by atoms with van der Waals surface area (Å²) in [7, 11) is 2.70. The Bertz CT molecular complexity index is 1030. The molecule has 1 heterocycles. The summed E-state index contributed by atoms with van der Waals surface area (Å²) in [4.78, 5) is 28.9. The van der Waals surface area contributed by atoms with Gasteiger partial charge in [0.25, 0.3) is 5.91 Å². The lowest BCUT2D eigenvalue weighted by Crippen LogP contribution is -2.16. The van der Waals surface area contributed by atoms with Crippen LogP contribution < -0.4 is 10.1 Å². The number of rotatable bonds is 5. The van der Waals surface area contributed by atoms with Gasteiger partial charge in [-0.1, -0.05) is 29.5 Å². The molecule has 0 fully saturated rings. The van der Waals surface area contributed by atoms with Crippen molar-refractivity contribution in [3.05, 3.63) is 65.4 Å². The molecule has 0 aliphatic carbocycles. The van der Waals surface area contributed by atoms with E-state index in [0.29, 0.717) is 16.2 Å². The van der Waals surface area contributed by atoms with Crippen molar-refractivity contribution in [1.29, 1.82) is 0 Å². The predicted molar refractivity (Wildman–Crippen MR) is 99.8 cm³/mol. The number of nitrogens with one attached hydrogen (secondary N) is 1. The molecule has 0 saturated heterocycles. The molecular formula is C19H14F2N2O4S. The number of ether oxygens (including phenoxy) is 2. The van der Waals surface area contributed by atoms with Crippen molar-refractivity contribution in [2.75, 3.05) is 19.5 Å². The van der Waals surface area contributed by atoms with Crippen LogP contribution in [0, 0.1) is 11.6 Å². The number of aromatic nitrogens is 1. The molecule has 0 atom stereocenters. The van der Waals surface area contributed by atoms with Gasteiger partial charge in [0.1, 0.15) is 22.9 Å². The predicted octanol–water partition coefficient (Wildman–Crippen LogP) is 4.14. The van der Waals surface area contributed by atoms with E-state index in [9.17, 15) is 18.4 Å². The molecule has 2 aromatic carbocycles. The molecule has 0 spiro atoms. The quantitative estimate of drug-likeness (QED) is 0.647. The fourth-order valence-electron chi connectivity index (χ4n) is 2.44. The minimum Gasteiger partial charge on any atom is -0.497 e. The fourth-order valence-corrected chi connectivity index (χ4v) is 3.39. The van der Waals surface area contributed by atoms with Gasteiger partial charge in [-0.15, -0.1) is 0 Å². The van der Waals surface area contributed by atoms with Crippen LogP contribution in [0.5, 0.6) is 5.75 Å². The Hall–Kier alpha value is -3.33. The van der Waals surface area contributed by atoms with E-state index in [-0.39, 0.29) is 10.8 Å². The van der Waals surface area contributed by atoms with E-state index in [0.717, 1.165) is 29.5 Å². The summed E-state index contributed by atoms with van der Waals surface area (Å²) >= 11 is 0.966. The number of thiazole rings is 1. The lowest BCUT2D eigenvalue weighted by Gasteiger charge is -2.04. The van der Waals surface area contributed by atoms with E-state index >= 15 is 0 Å². The molecule has 0 radical (unpaired) electrons. The first kappa shape index (κ1) is 19.4. The van der Waals surface area contributed by atoms with Gasteiger partial charge < -0.3 is 9.47 Å². The van der Waals surface area contributed by atoms with Gasteiger partial charge in [0, 0.05) is 0 Å². The summed E-state index contributed by atoms with van der Waals surface area (Å²) in [5.74, 6) is -3.18. The first-order valence-electron chi connectivity index (χ1n) is 7.93. The second-order valence-electron chi connectivity index (χ2n) is 5.47. The molecule has 1 aromatic heterocycles. The van der Waals surface area contributed by atoms with Crippen LogP contribution in [0.4, 0.5) is 13.9 Å². The van der Waals surface area contributed by atoms with Gasteiger partial charge in [0.2, 0.25) is 0 Å². The van der Waals surface area contributed by atoms with Crippen LogP contribution in [-0.4, -0.2) is 31.1 Å². The van der Waals surface area contributed by atoms with Crippen LogP contribution in [0.1, 0.15) is 20.8 Å². The fraction of sp³-hybridized carbons (Fsp3) is 0.105. The third-order valence-corrected chi connectivity index (χ3v) is 4.77. The van der Waals surface area contributed by atoms with Crippen LogP contribution in [0.15, 0.2) is 42.5 Å². The minimum atomic E-state index is -1.02. The zero-order chi connectivity index (χ0) is 20.3. The molecule has 6 nitrogen and oxygen atoms in total. The van der Waals surface area contributed by atoms with Gasteiger partial charge in [0.05, 0.1) is 19.1 Å². The Morgan fingerprint density at radius 2 is 1.75 bits per heavy atom. The molecule has 3 aromatic rings. The Morgan fingerprint density at radius 1 is 1.07 bits per heavy atom. The second kappa shape index (κ2) is 8.13. The molecule has 3 rings (SSSR count). The van der Waals surface area contributed by atoms with E-state index in [1.807, 2.05) is 0 Å². The van der Waals surface area contributed by atoms with Crippen molar-refractivity contribution in [2.45, 2.75) is 0 Å². The van der Waals surface area contributed by atoms with Gasteiger partial charge in [-0.25, -0.2) is 18.6 Å². The van der Waals surface area contributed by atoms with E-state index in [1.54, 1.807) is 24.3 Å². The van der Waals surface area contributed by atoms with Crippen LogP contribution in [0.2, 0.25) is 0 Å². The summed E-state index contributed by atoms with van der Waals surface area (Å²) < 4.78 is 37.5. The summed E-state index contributed by atoms with van der Waals surface area (Å²) in [5, 5.41) is 2.32. The SMILES string of the molecule is COC(=O)c1nc(NC(=O)c2c(F)cccc2F)sc1-c1cccc(OC)c1. The summed E-state index contributed by atoms with van der Waals surface area (Å²) in [5.41, 5.74) is -0.167. The van der Waals surface area contributed by atoms with E-state index in [2.05, 4.69) is 10.3 Å². The highest BCUT2D eigenvalue weighted by molar-refractivity contribution is 7.19. The number of anilines is 1. The molecule has 9 heteroatoms. The van der Waals surface area contributed by atoms with Crippen LogP contribution in [0.3, 0.4) is 0 Å². The molecule has 0 aliphatic heterocycles. The molecule has 28 heavy (non-hydrogen) atoms. The Balaban J connectivity index is 2.00. The molecule has 144 valence electrons. The average Bonchev–Trinajstić information content (AvgIpc) is 3.11. The maximum absolute atomic E-state index is 13.8. The van der Waals surface area contributed by atoms with E-state index in [1.165, 1.54) is 14.2 Å². The number of hydrogen-bond donors (Lipinski definition) is 1. The smallest absolute Gasteiger partial charge is 0.358 e. The zero-order valence-electron chi connectivity index (χ0n) is 14.8. The number of methoxy groups -OCH3 is 2. The monoisotopic (exact) mass is 404 g/mol. The van der Waals surface area contributed by atoms with Gasteiger partial charge in [-0.2, -0.15) is 0 Å². The van der Waals surface area contributed by atoms with Crippen molar-refractivity contribution in [2.24, 2.45) is 0 Å². The Labute approximate surface area is 162 Å². The van der Waals surface area contributed by atoms with Gasteiger partial charge in [0.15, 0.2) is 10.8 Å². The molecular weight excluding hydrogens is 390 g/mol. The Kier molecular flexibility index (Phi) is 5.65. The normalized spacial score (nSPS) is 10.4. The molecule has 0 aliphatic rings. The number of nitrogens with zero attached hydrogens (tertiary/aromatic N) is 1. The minimum absolute atomic E-state index is 0.00845. The third-order valence-electron chi connectivity index (χ3n) is 3.75. The van der Waals surface area contributed by atoms with E-state index < -0.39 is 29.1 Å². The van der Waals surface area contributed by atoms with Crippen LogP contribution >= 0.6 is 11.3 Å². The number of halogens is 2. The topological polar surface area (TPSA) is 77.5 Å². The highest BCUT2D eigenvalue weighted by Gasteiger charge is 2.23. The van der Waals surface area contributed by atoms with Gasteiger partial charge in [-0.05, 0) is 29.8 Å². The molecule has 0 bridgehead atoms. The van der Waals surface area contributed by atoms with Crippen LogP contribution in [-0.2, 0) is 4.74 Å². The van der Waals surface area contributed by atoms with Crippen molar-refractivity contribution < 1.29 is 27.8 Å². The third kappa shape index (κ3) is 3.84. The number of esters is 1. The first-order valence-corrected chi connectivity index (χ1v) is 8.75. The van der Waals surface area contributed by atoms with Crippen molar-refractivity contribution >= 4 is 28.3 Å². The lowest BCUT2D eigenvalue weighted by atomic mass is 10.1. The zero-order valence-corrected chi connectivity index (χ0v) is 15.6. The summed E-state index contributed by atoms with van der Waals surface area (Å²) in [6, 6.07) is 9.96.